The first-order chi connectivity index (χ1) is 11.2. The second-order valence-corrected chi connectivity index (χ2v) is 5.81. The van der Waals surface area contributed by atoms with Crippen LogP contribution in [0.15, 0.2) is 53.3 Å². The van der Waals surface area contributed by atoms with E-state index in [1.54, 1.807) is 11.0 Å². The van der Waals surface area contributed by atoms with Gasteiger partial charge >= 0.3 is 0 Å². The topological polar surface area (TPSA) is 62.6 Å². The van der Waals surface area contributed by atoms with E-state index in [-0.39, 0.29) is 17.7 Å². The Labute approximate surface area is 135 Å². The van der Waals surface area contributed by atoms with Crippen LogP contribution in [0.3, 0.4) is 0 Å². The molecule has 1 saturated heterocycles. The summed E-state index contributed by atoms with van der Waals surface area (Å²) in [5.41, 5.74) is 1.61. The summed E-state index contributed by atoms with van der Waals surface area (Å²) >= 11 is 0. The van der Waals surface area contributed by atoms with E-state index < -0.39 is 0 Å². The Kier molecular flexibility index (Phi) is 4.76. The van der Waals surface area contributed by atoms with Gasteiger partial charge in [-0.2, -0.15) is 0 Å². The Hall–Kier alpha value is -2.56. The van der Waals surface area contributed by atoms with Crippen LogP contribution >= 0.6 is 0 Å². The number of hydrogen-bond donors (Lipinski definition) is 1. The van der Waals surface area contributed by atoms with Crippen LogP contribution in [0.2, 0.25) is 0 Å². The highest BCUT2D eigenvalue weighted by molar-refractivity contribution is 5.94. The fourth-order valence-electron chi connectivity index (χ4n) is 2.87. The minimum atomic E-state index is -0.150. The van der Waals surface area contributed by atoms with Crippen LogP contribution in [0.1, 0.15) is 28.8 Å². The van der Waals surface area contributed by atoms with Crippen LogP contribution < -0.4 is 5.32 Å². The highest BCUT2D eigenvalue weighted by Crippen LogP contribution is 2.19. The molecule has 0 bridgehead atoms. The highest BCUT2D eigenvalue weighted by atomic mass is 16.3. The summed E-state index contributed by atoms with van der Waals surface area (Å²) in [5.74, 6) is -0.207. The van der Waals surface area contributed by atoms with Gasteiger partial charge in [-0.05, 0) is 24.5 Å². The zero-order valence-electron chi connectivity index (χ0n) is 12.9. The van der Waals surface area contributed by atoms with Crippen LogP contribution in [0, 0.1) is 5.92 Å². The van der Waals surface area contributed by atoms with E-state index >= 15 is 0 Å². The Morgan fingerprint density at radius 1 is 1.22 bits per heavy atom. The zero-order valence-corrected chi connectivity index (χ0v) is 12.9. The second-order valence-electron chi connectivity index (χ2n) is 5.81. The van der Waals surface area contributed by atoms with Crippen molar-refractivity contribution in [3.8, 4) is 0 Å². The number of carbonyl (C=O) groups is 2. The summed E-state index contributed by atoms with van der Waals surface area (Å²) in [6, 6.07) is 11.5. The Morgan fingerprint density at radius 2 is 2.04 bits per heavy atom. The van der Waals surface area contributed by atoms with Crippen molar-refractivity contribution < 1.29 is 14.0 Å². The molecule has 120 valence electrons. The summed E-state index contributed by atoms with van der Waals surface area (Å²) in [7, 11) is 0. The first kappa shape index (κ1) is 15.3. The van der Waals surface area contributed by atoms with Crippen molar-refractivity contribution in [2.24, 2.45) is 5.92 Å². The van der Waals surface area contributed by atoms with Crippen LogP contribution in [0.5, 0.6) is 0 Å². The number of nitrogens with one attached hydrogen (secondary N) is 1. The van der Waals surface area contributed by atoms with Gasteiger partial charge in [-0.1, -0.05) is 30.3 Å². The van der Waals surface area contributed by atoms with Crippen molar-refractivity contribution >= 4 is 11.8 Å². The van der Waals surface area contributed by atoms with Gasteiger partial charge in [-0.3, -0.25) is 9.59 Å². The van der Waals surface area contributed by atoms with Gasteiger partial charge in [-0.25, -0.2) is 0 Å². The summed E-state index contributed by atoms with van der Waals surface area (Å²) in [6.45, 7) is 1.67. The van der Waals surface area contributed by atoms with E-state index in [1.165, 1.54) is 12.5 Å². The van der Waals surface area contributed by atoms with Crippen molar-refractivity contribution in [2.75, 3.05) is 13.1 Å². The normalized spacial score (nSPS) is 17.7. The van der Waals surface area contributed by atoms with Gasteiger partial charge in [0.2, 0.25) is 5.91 Å². The third kappa shape index (κ3) is 3.80. The average molecular weight is 312 g/mol. The summed E-state index contributed by atoms with van der Waals surface area (Å²) in [4.78, 5) is 26.4. The fourth-order valence-corrected chi connectivity index (χ4v) is 2.87. The Morgan fingerprint density at radius 3 is 2.78 bits per heavy atom. The molecule has 1 aliphatic heterocycles. The molecule has 1 aromatic heterocycles. The molecule has 5 heteroatoms. The lowest BCUT2D eigenvalue weighted by atomic mass is 9.96. The van der Waals surface area contributed by atoms with E-state index in [2.05, 4.69) is 5.32 Å². The third-order valence-electron chi connectivity index (χ3n) is 4.16. The average Bonchev–Trinajstić information content (AvgIpc) is 3.14. The molecule has 1 N–H and O–H groups in total. The van der Waals surface area contributed by atoms with Gasteiger partial charge in [0.1, 0.15) is 6.26 Å². The second kappa shape index (κ2) is 7.13. The fraction of sp³-hybridized carbons (Fsp3) is 0.333. The van der Waals surface area contributed by atoms with Crippen molar-refractivity contribution in [3.05, 3.63) is 60.1 Å². The number of rotatable bonds is 4. The largest absolute Gasteiger partial charge is 0.472 e. The molecular formula is C18H20N2O3. The lowest BCUT2D eigenvalue weighted by molar-refractivity contribution is -0.126. The lowest BCUT2D eigenvalue weighted by Gasteiger charge is -2.31. The van der Waals surface area contributed by atoms with Gasteiger partial charge in [0, 0.05) is 19.6 Å². The molecule has 5 nitrogen and oxygen atoms in total. The van der Waals surface area contributed by atoms with Gasteiger partial charge < -0.3 is 14.6 Å². The van der Waals surface area contributed by atoms with Crippen LogP contribution in [0.25, 0.3) is 0 Å². The molecule has 3 rings (SSSR count). The molecular weight excluding hydrogens is 292 g/mol. The minimum absolute atomic E-state index is 0.0125. The Balaban J connectivity index is 1.55. The van der Waals surface area contributed by atoms with E-state index in [9.17, 15) is 9.59 Å². The molecule has 1 aromatic carbocycles. The maximum atomic E-state index is 12.4. The van der Waals surface area contributed by atoms with E-state index in [0.29, 0.717) is 25.2 Å². The summed E-state index contributed by atoms with van der Waals surface area (Å²) < 4.78 is 4.96. The van der Waals surface area contributed by atoms with Crippen LogP contribution in [0.4, 0.5) is 0 Å². The van der Waals surface area contributed by atoms with Crippen LogP contribution in [-0.4, -0.2) is 29.8 Å². The number of carbonyl (C=O) groups excluding carboxylic acids is 2. The predicted octanol–water partition coefficient (Wildman–Crippen LogP) is 2.45. The molecule has 1 unspecified atom stereocenters. The molecule has 1 aliphatic rings. The number of piperidine rings is 1. The van der Waals surface area contributed by atoms with Gasteiger partial charge in [0.25, 0.3) is 5.91 Å². The molecule has 1 atom stereocenters. The van der Waals surface area contributed by atoms with E-state index in [4.69, 9.17) is 4.42 Å². The van der Waals surface area contributed by atoms with Crippen molar-refractivity contribution in [2.45, 2.75) is 19.4 Å². The summed E-state index contributed by atoms with van der Waals surface area (Å²) in [6.07, 6.45) is 4.59. The maximum absolute atomic E-state index is 12.4. The third-order valence-corrected chi connectivity index (χ3v) is 4.16. The highest BCUT2D eigenvalue weighted by Gasteiger charge is 2.29. The van der Waals surface area contributed by atoms with Gasteiger partial charge in [0.05, 0.1) is 17.7 Å². The molecule has 2 aromatic rings. The van der Waals surface area contributed by atoms with Gasteiger partial charge in [-0.15, -0.1) is 0 Å². The maximum Gasteiger partial charge on any atom is 0.257 e. The zero-order chi connectivity index (χ0) is 16.1. The number of furan rings is 1. The van der Waals surface area contributed by atoms with Gasteiger partial charge in [0.15, 0.2) is 0 Å². The van der Waals surface area contributed by atoms with E-state index in [1.807, 2.05) is 30.3 Å². The molecule has 0 spiro atoms. The minimum Gasteiger partial charge on any atom is -0.472 e. The first-order valence-corrected chi connectivity index (χ1v) is 7.87. The molecule has 2 amide bonds. The number of benzene rings is 1. The van der Waals surface area contributed by atoms with Crippen molar-refractivity contribution in [3.63, 3.8) is 0 Å². The number of amides is 2. The molecule has 0 radical (unpaired) electrons. The quantitative estimate of drug-likeness (QED) is 0.943. The standard InChI is InChI=1S/C18H20N2O3/c21-17(19-11-14-5-2-1-3-6-14)15-7-4-9-20(12-15)18(22)16-8-10-23-13-16/h1-3,5-6,8,10,13,15H,4,7,9,11-12H2,(H,19,21). The first-order valence-electron chi connectivity index (χ1n) is 7.87. The monoisotopic (exact) mass is 312 g/mol. The summed E-state index contributed by atoms with van der Waals surface area (Å²) in [5, 5.41) is 2.97. The molecule has 0 saturated carbocycles. The number of likely N-dealkylation sites (tertiary alicyclic amines) is 1. The molecule has 23 heavy (non-hydrogen) atoms. The SMILES string of the molecule is O=C(NCc1ccccc1)C1CCCN(C(=O)c2ccoc2)C1. The lowest BCUT2D eigenvalue weighted by Crippen LogP contribution is -2.45. The van der Waals surface area contributed by atoms with Crippen molar-refractivity contribution in [1.29, 1.82) is 0 Å². The van der Waals surface area contributed by atoms with Crippen molar-refractivity contribution in [1.82, 2.24) is 10.2 Å². The van der Waals surface area contributed by atoms with Crippen LogP contribution in [-0.2, 0) is 11.3 Å². The smallest absolute Gasteiger partial charge is 0.257 e. The Bertz CT molecular complexity index is 652. The molecule has 1 fully saturated rings. The molecule has 0 aliphatic carbocycles. The number of nitrogens with zero attached hydrogens (tertiary/aromatic N) is 1. The molecule has 2 heterocycles. The number of hydrogen-bond acceptors (Lipinski definition) is 3. The van der Waals surface area contributed by atoms with E-state index in [0.717, 1.165) is 18.4 Å². The predicted molar refractivity (Wildman–Crippen MR) is 85.6 cm³/mol.